The van der Waals surface area contributed by atoms with Crippen molar-refractivity contribution >= 4 is 160 Å². The predicted octanol–water partition coefficient (Wildman–Crippen LogP) is 12.8. The standard InChI is InChI=1S/2C27H24ClN3O6S.Ba/c2*1-3-16-9-14-22(28)24(26(16)38(34,35)36)31-30-23-20-8-6-5-7-17(20)15-21(25(23)32)27(33)29-18-10-12-19(13-11-18)37-4-2;/h2*5-15,32H,3-4H2,1-2H3,(H,29,33)(H,34,35,36);/q;;+2/p-2. The minimum absolute atomic E-state index is 0. The molecule has 0 aliphatic rings. The molecule has 18 nitrogen and oxygen atoms in total. The zero-order chi connectivity index (χ0) is 54.9. The molecule has 8 aromatic carbocycles. The van der Waals surface area contributed by atoms with E-state index in [-0.39, 0.29) is 111 Å². The number of carbonyl (C=O) groups excluding carboxylic acids is 2. The summed E-state index contributed by atoms with van der Waals surface area (Å²) in [7, 11) is -9.65. The number of phenols is 1. The third-order valence-corrected chi connectivity index (χ3v) is 13.9. The molecule has 0 heterocycles. The fraction of sp³-hybridized carbons (Fsp3) is 0.148. The largest absolute Gasteiger partial charge is 2.00 e. The number of azo groups is 2. The van der Waals surface area contributed by atoms with Crippen LogP contribution in [0.15, 0.2) is 164 Å². The molecular weight excluding hydrogens is 1200 g/mol. The maximum absolute atomic E-state index is 13.4. The molecule has 0 fully saturated rings. The molecule has 392 valence electrons. The fourth-order valence-electron chi connectivity index (χ4n) is 7.86. The van der Waals surface area contributed by atoms with Crippen molar-refractivity contribution in [2.24, 2.45) is 20.5 Å². The van der Waals surface area contributed by atoms with Crippen molar-refractivity contribution in [1.29, 1.82) is 0 Å². The molecule has 0 bridgehead atoms. The van der Waals surface area contributed by atoms with Gasteiger partial charge < -0.3 is 34.9 Å². The van der Waals surface area contributed by atoms with Gasteiger partial charge in [-0.3, -0.25) is 14.1 Å². The number of hydrogen-bond acceptors (Lipinski definition) is 15. The Labute approximate surface area is 493 Å². The van der Waals surface area contributed by atoms with E-state index in [1.165, 1.54) is 36.4 Å². The van der Waals surface area contributed by atoms with E-state index in [0.717, 1.165) is 0 Å². The zero-order valence-corrected chi connectivity index (χ0v) is 49.2. The van der Waals surface area contributed by atoms with Crippen molar-refractivity contribution < 1.29 is 55.2 Å². The van der Waals surface area contributed by atoms with Gasteiger partial charge in [-0.1, -0.05) is 103 Å². The van der Waals surface area contributed by atoms with Gasteiger partial charge in [0.25, 0.3) is 21.9 Å². The van der Waals surface area contributed by atoms with E-state index in [4.69, 9.17) is 32.7 Å². The van der Waals surface area contributed by atoms with E-state index in [0.29, 0.717) is 63.2 Å². The summed E-state index contributed by atoms with van der Waals surface area (Å²) in [4.78, 5) is 25.1. The molecule has 8 rings (SSSR count). The molecule has 0 saturated carbocycles. The number of aromatic hydroxyl groups is 1. The molecule has 4 N–H and O–H groups in total. The van der Waals surface area contributed by atoms with Gasteiger partial charge in [0.05, 0.1) is 39.4 Å². The van der Waals surface area contributed by atoms with E-state index in [2.05, 4.69) is 31.1 Å². The summed E-state index contributed by atoms with van der Waals surface area (Å²) in [6.45, 7) is 8.11. The van der Waals surface area contributed by atoms with Crippen LogP contribution in [0.1, 0.15) is 59.5 Å². The maximum atomic E-state index is 13.4. The molecule has 0 atom stereocenters. The quantitative estimate of drug-likeness (QED) is 0.0399. The molecule has 77 heavy (non-hydrogen) atoms. The average Bonchev–Trinajstić information content (AvgIpc) is 3.39. The maximum Gasteiger partial charge on any atom is 2.00 e. The van der Waals surface area contributed by atoms with Crippen molar-refractivity contribution in [2.75, 3.05) is 23.8 Å². The molecule has 0 aliphatic carbocycles. The van der Waals surface area contributed by atoms with Crippen LogP contribution in [0.3, 0.4) is 0 Å². The van der Waals surface area contributed by atoms with Crippen LogP contribution in [-0.4, -0.2) is 105 Å². The zero-order valence-electron chi connectivity index (χ0n) is 41.6. The van der Waals surface area contributed by atoms with Crippen molar-refractivity contribution in [3.05, 3.63) is 166 Å². The van der Waals surface area contributed by atoms with E-state index in [9.17, 15) is 45.7 Å². The second-order valence-electron chi connectivity index (χ2n) is 16.3. The average molecular weight is 1240 g/mol. The van der Waals surface area contributed by atoms with Crippen LogP contribution < -0.4 is 25.2 Å². The topological polar surface area (TPSA) is 281 Å². The van der Waals surface area contributed by atoms with Gasteiger partial charge in [-0.2, -0.15) is 13.5 Å². The van der Waals surface area contributed by atoms with Crippen LogP contribution in [0.5, 0.6) is 23.0 Å². The van der Waals surface area contributed by atoms with Gasteiger partial charge in [0.15, 0.2) is 5.75 Å². The van der Waals surface area contributed by atoms with Crippen molar-refractivity contribution in [1.82, 2.24) is 0 Å². The fourth-order valence-corrected chi connectivity index (χ4v) is 10.2. The number of nitrogens with zero attached hydrogens (tertiary/aromatic N) is 4. The van der Waals surface area contributed by atoms with Crippen LogP contribution in [0.25, 0.3) is 21.5 Å². The van der Waals surface area contributed by atoms with Gasteiger partial charge in [0, 0.05) is 27.7 Å². The van der Waals surface area contributed by atoms with Crippen LogP contribution in [0.2, 0.25) is 10.0 Å². The first-order chi connectivity index (χ1) is 36.3. The van der Waals surface area contributed by atoms with E-state index < -0.39 is 53.3 Å². The Bertz CT molecular complexity index is 3560. The number of benzene rings is 8. The molecule has 0 radical (unpaired) electrons. The Morgan fingerprint density at radius 3 is 1.43 bits per heavy atom. The van der Waals surface area contributed by atoms with Crippen LogP contribution in [0, 0.1) is 0 Å². The minimum atomic E-state index is -4.96. The van der Waals surface area contributed by atoms with Crippen LogP contribution in [0.4, 0.5) is 34.1 Å². The number of phenolic OH excluding ortho intramolecular Hbond substituents is 1. The Kier molecular flexibility index (Phi) is 20.4. The Morgan fingerprint density at radius 1 is 0.571 bits per heavy atom. The number of ether oxygens (including phenoxy) is 2. The van der Waals surface area contributed by atoms with Gasteiger partial charge in [-0.25, -0.2) is 8.42 Å². The van der Waals surface area contributed by atoms with Gasteiger partial charge in [0.1, 0.15) is 43.6 Å². The summed E-state index contributed by atoms with van der Waals surface area (Å²) < 4.78 is 81.0. The molecule has 0 saturated heterocycles. The minimum Gasteiger partial charge on any atom is -0.870 e. The second-order valence-corrected chi connectivity index (χ2v) is 19.8. The molecule has 0 spiro atoms. The summed E-state index contributed by atoms with van der Waals surface area (Å²) in [5.41, 5.74) is 0.253. The Balaban J connectivity index is 0.000000246. The third kappa shape index (κ3) is 14.2. The first-order valence-corrected chi connectivity index (χ1v) is 26.8. The number of aryl methyl sites for hydroxylation is 2. The summed E-state index contributed by atoms with van der Waals surface area (Å²) in [6, 6.07) is 35.7. The van der Waals surface area contributed by atoms with Gasteiger partial charge in [-0.05, 0) is 121 Å². The summed E-state index contributed by atoms with van der Waals surface area (Å²) in [5.74, 6) is -1.18. The number of anilines is 2. The van der Waals surface area contributed by atoms with Crippen LogP contribution >= 0.6 is 23.2 Å². The number of nitrogens with one attached hydrogen (secondary N) is 2. The van der Waals surface area contributed by atoms with Gasteiger partial charge in [-0.15, -0.1) is 15.3 Å². The summed E-state index contributed by atoms with van der Waals surface area (Å²) in [5, 5.41) is 47.8. The number of hydrogen-bond donors (Lipinski definition) is 4. The van der Waals surface area contributed by atoms with E-state index in [1.54, 1.807) is 111 Å². The summed E-state index contributed by atoms with van der Waals surface area (Å²) in [6.07, 6.45) is 0.512. The Hall–Kier alpha value is -6.41. The SMILES string of the molecule is CCOc1ccc(NC(=O)c2cc3ccccc3c(N=Nc3c(Cl)ccc(CC)c3S(=O)(=O)O)c2O)cc1.CCOc1ccc(NC(=O)c2cc3ccccc3c(N=Nc3c(Cl)ccc(CC)c3S(=O)(=O)[O-])c2[O-])cc1.[Ba+2]. The summed E-state index contributed by atoms with van der Waals surface area (Å²) >= 11 is 12.4. The number of carbonyl (C=O) groups is 2. The monoisotopic (exact) mass is 1240 g/mol. The predicted molar refractivity (Wildman–Crippen MR) is 294 cm³/mol. The van der Waals surface area contributed by atoms with Gasteiger partial charge in [0.2, 0.25) is 0 Å². The molecule has 8 aromatic rings. The molecule has 2 amide bonds. The van der Waals surface area contributed by atoms with Gasteiger partial charge >= 0.3 is 48.9 Å². The molecule has 0 unspecified atom stereocenters. The first kappa shape index (κ1) is 59.8. The first-order valence-electron chi connectivity index (χ1n) is 23.2. The van der Waals surface area contributed by atoms with E-state index in [1.807, 2.05) is 13.8 Å². The van der Waals surface area contributed by atoms with Crippen LogP contribution in [-0.2, 0) is 33.1 Å². The number of halogens is 2. The molecule has 23 heteroatoms. The number of rotatable bonds is 16. The molecular formula is C54H46BaCl2N6O12S2. The number of amides is 2. The molecule has 0 aliphatic heterocycles. The second kappa shape index (κ2) is 26.3. The Morgan fingerprint density at radius 2 is 0.974 bits per heavy atom. The van der Waals surface area contributed by atoms with Crippen molar-refractivity contribution in [3.63, 3.8) is 0 Å². The normalized spacial score (nSPS) is 11.5. The molecule has 0 aromatic heterocycles. The van der Waals surface area contributed by atoms with E-state index >= 15 is 0 Å². The smallest absolute Gasteiger partial charge is 0.870 e. The number of fused-ring (bicyclic) bond motifs is 2. The van der Waals surface area contributed by atoms with Crippen molar-refractivity contribution in [3.8, 4) is 23.0 Å². The third-order valence-electron chi connectivity index (χ3n) is 11.4. The van der Waals surface area contributed by atoms with Crippen molar-refractivity contribution in [2.45, 2.75) is 50.3 Å².